The first-order valence-corrected chi connectivity index (χ1v) is 8.64. The van der Waals surface area contributed by atoms with Gasteiger partial charge in [0.25, 0.3) is 5.91 Å². The fourth-order valence-corrected chi connectivity index (χ4v) is 2.64. The number of benzene rings is 1. The van der Waals surface area contributed by atoms with E-state index in [4.69, 9.17) is 4.74 Å². The molecule has 2 aromatic heterocycles. The highest BCUT2D eigenvalue weighted by molar-refractivity contribution is 6.05. The highest BCUT2D eigenvalue weighted by Crippen LogP contribution is 2.18. The molecule has 0 fully saturated rings. The van der Waals surface area contributed by atoms with Crippen LogP contribution in [0.3, 0.4) is 0 Å². The van der Waals surface area contributed by atoms with Crippen molar-refractivity contribution in [3.05, 3.63) is 83.8 Å². The number of anilines is 1. The summed E-state index contributed by atoms with van der Waals surface area (Å²) in [5, 5.41) is 2.92. The van der Waals surface area contributed by atoms with E-state index >= 15 is 0 Å². The van der Waals surface area contributed by atoms with E-state index in [1.165, 1.54) is 0 Å². The molecule has 132 valence electrons. The summed E-state index contributed by atoms with van der Waals surface area (Å²) in [6.45, 7) is 2.32. The summed E-state index contributed by atoms with van der Waals surface area (Å²) in [5.41, 5.74) is 3.37. The Bertz CT molecular complexity index is 866. The third kappa shape index (κ3) is 4.66. The molecule has 1 amide bonds. The van der Waals surface area contributed by atoms with Crippen molar-refractivity contribution in [1.82, 2.24) is 9.97 Å². The number of hydrogen-bond donors (Lipinski definition) is 1. The van der Waals surface area contributed by atoms with Crippen LogP contribution in [0.1, 0.15) is 28.5 Å². The third-order valence-corrected chi connectivity index (χ3v) is 3.88. The molecule has 0 spiro atoms. The maximum atomic E-state index is 12.6. The quantitative estimate of drug-likeness (QED) is 0.704. The van der Waals surface area contributed by atoms with Crippen LogP contribution in [0.2, 0.25) is 0 Å². The molecule has 0 saturated carbocycles. The van der Waals surface area contributed by atoms with Crippen LogP contribution >= 0.6 is 0 Å². The number of carbonyl (C=O) groups is 1. The molecule has 2 heterocycles. The van der Waals surface area contributed by atoms with Gasteiger partial charge in [-0.2, -0.15) is 0 Å². The van der Waals surface area contributed by atoms with Crippen LogP contribution in [0.25, 0.3) is 0 Å². The van der Waals surface area contributed by atoms with Crippen molar-refractivity contribution in [1.29, 1.82) is 0 Å². The summed E-state index contributed by atoms with van der Waals surface area (Å²) in [6.07, 6.45) is 5.13. The zero-order valence-electron chi connectivity index (χ0n) is 14.7. The maximum Gasteiger partial charge on any atom is 0.261 e. The molecule has 1 aromatic carbocycles. The number of hydrogen-bond acceptors (Lipinski definition) is 4. The fourth-order valence-electron chi connectivity index (χ4n) is 2.64. The van der Waals surface area contributed by atoms with Crippen LogP contribution in [0.4, 0.5) is 5.69 Å². The fraction of sp³-hybridized carbons (Fsp3) is 0.190. The Morgan fingerprint density at radius 3 is 2.69 bits per heavy atom. The average Bonchev–Trinajstić information content (AvgIpc) is 2.68. The van der Waals surface area contributed by atoms with Crippen LogP contribution < -0.4 is 10.1 Å². The van der Waals surface area contributed by atoms with E-state index in [-0.39, 0.29) is 5.91 Å². The van der Waals surface area contributed by atoms with Crippen LogP contribution in [0.5, 0.6) is 5.88 Å². The minimum Gasteiger partial charge on any atom is -0.477 e. The van der Waals surface area contributed by atoms with Crippen LogP contribution in [0, 0.1) is 0 Å². The third-order valence-electron chi connectivity index (χ3n) is 3.88. The minimum atomic E-state index is -0.233. The van der Waals surface area contributed by atoms with Gasteiger partial charge in [-0.05, 0) is 61.7 Å². The number of aryl methyl sites for hydroxylation is 2. The summed E-state index contributed by atoms with van der Waals surface area (Å²) >= 11 is 0. The molecule has 0 aliphatic rings. The maximum absolute atomic E-state index is 12.6. The number of pyridine rings is 2. The van der Waals surface area contributed by atoms with Gasteiger partial charge in [0, 0.05) is 23.8 Å². The highest BCUT2D eigenvalue weighted by Gasteiger charge is 2.13. The smallest absolute Gasteiger partial charge is 0.261 e. The predicted molar refractivity (Wildman–Crippen MR) is 101 cm³/mol. The van der Waals surface area contributed by atoms with Gasteiger partial charge in [0.15, 0.2) is 0 Å². The molecule has 0 aliphatic carbocycles. The van der Waals surface area contributed by atoms with Gasteiger partial charge < -0.3 is 10.1 Å². The molecular weight excluding hydrogens is 326 g/mol. The van der Waals surface area contributed by atoms with E-state index in [1.54, 1.807) is 24.5 Å². The second-order valence-corrected chi connectivity index (χ2v) is 5.76. The molecule has 0 unspecified atom stereocenters. The van der Waals surface area contributed by atoms with E-state index in [9.17, 15) is 4.79 Å². The van der Waals surface area contributed by atoms with Crippen molar-refractivity contribution in [3.63, 3.8) is 0 Å². The van der Waals surface area contributed by atoms with Crippen LogP contribution in [0.15, 0.2) is 67.0 Å². The van der Waals surface area contributed by atoms with Crippen molar-refractivity contribution in [2.24, 2.45) is 0 Å². The van der Waals surface area contributed by atoms with Crippen LogP contribution in [-0.2, 0) is 12.8 Å². The first kappa shape index (κ1) is 17.6. The van der Waals surface area contributed by atoms with E-state index in [1.807, 2.05) is 49.4 Å². The molecule has 1 N–H and O–H groups in total. The second-order valence-electron chi connectivity index (χ2n) is 5.76. The van der Waals surface area contributed by atoms with Gasteiger partial charge in [0.2, 0.25) is 5.88 Å². The highest BCUT2D eigenvalue weighted by atomic mass is 16.5. The van der Waals surface area contributed by atoms with Crippen molar-refractivity contribution >= 4 is 11.6 Å². The van der Waals surface area contributed by atoms with Crippen molar-refractivity contribution in [3.8, 4) is 5.88 Å². The van der Waals surface area contributed by atoms with E-state index < -0.39 is 0 Å². The predicted octanol–water partition coefficient (Wildman–Crippen LogP) is 3.91. The monoisotopic (exact) mass is 347 g/mol. The minimum absolute atomic E-state index is 0.233. The molecule has 0 atom stereocenters. The van der Waals surface area contributed by atoms with Gasteiger partial charge in [-0.25, -0.2) is 4.98 Å². The second kappa shape index (κ2) is 8.76. The van der Waals surface area contributed by atoms with Gasteiger partial charge in [0.1, 0.15) is 5.56 Å². The Morgan fingerprint density at radius 2 is 1.88 bits per heavy atom. The lowest BCUT2D eigenvalue weighted by Crippen LogP contribution is -2.14. The number of nitrogens with zero attached hydrogens (tertiary/aromatic N) is 2. The average molecular weight is 347 g/mol. The van der Waals surface area contributed by atoms with Gasteiger partial charge in [-0.3, -0.25) is 9.78 Å². The molecule has 26 heavy (non-hydrogen) atoms. The molecule has 0 radical (unpaired) electrons. The van der Waals surface area contributed by atoms with Gasteiger partial charge in [-0.15, -0.1) is 0 Å². The van der Waals surface area contributed by atoms with Crippen LogP contribution in [-0.4, -0.2) is 22.5 Å². The zero-order chi connectivity index (χ0) is 18.2. The van der Waals surface area contributed by atoms with Crippen molar-refractivity contribution in [2.45, 2.75) is 19.8 Å². The summed E-state index contributed by atoms with van der Waals surface area (Å²) in [4.78, 5) is 21.0. The molecule has 0 bridgehead atoms. The van der Waals surface area contributed by atoms with Crippen molar-refractivity contribution < 1.29 is 9.53 Å². The Labute approximate surface area is 153 Å². The Hall–Kier alpha value is -3.21. The first-order chi connectivity index (χ1) is 12.8. The zero-order valence-corrected chi connectivity index (χ0v) is 14.7. The Balaban J connectivity index is 1.68. The SMILES string of the molecule is CCOc1ncccc1C(=O)Nc1cccc(CCc2ccccn2)c1. The molecule has 5 heteroatoms. The summed E-state index contributed by atoms with van der Waals surface area (Å²) in [6, 6.07) is 17.2. The number of ether oxygens (including phenoxy) is 1. The topological polar surface area (TPSA) is 64.1 Å². The van der Waals surface area contributed by atoms with Gasteiger partial charge in [-0.1, -0.05) is 18.2 Å². The first-order valence-electron chi connectivity index (χ1n) is 8.64. The largest absolute Gasteiger partial charge is 0.477 e. The van der Waals surface area contributed by atoms with E-state index in [0.29, 0.717) is 18.1 Å². The number of nitrogens with one attached hydrogen (secondary N) is 1. The molecule has 3 rings (SSSR count). The lowest BCUT2D eigenvalue weighted by molar-refractivity contribution is 0.102. The van der Waals surface area contributed by atoms with Gasteiger partial charge >= 0.3 is 0 Å². The summed E-state index contributed by atoms with van der Waals surface area (Å²) < 4.78 is 5.43. The number of carbonyl (C=O) groups excluding carboxylic acids is 1. The summed E-state index contributed by atoms with van der Waals surface area (Å²) in [7, 11) is 0. The normalized spacial score (nSPS) is 10.3. The lowest BCUT2D eigenvalue weighted by atomic mass is 10.1. The van der Waals surface area contributed by atoms with Crippen molar-refractivity contribution in [2.75, 3.05) is 11.9 Å². The Kier molecular flexibility index (Phi) is 5.93. The van der Waals surface area contributed by atoms with E-state index in [0.717, 1.165) is 29.8 Å². The number of aromatic nitrogens is 2. The van der Waals surface area contributed by atoms with E-state index in [2.05, 4.69) is 15.3 Å². The lowest BCUT2D eigenvalue weighted by Gasteiger charge is -2.10. The molecule has 0 aliphatic heterocycles. The standard InChI is InChI=1S/C21H21N3O2/c1-2-26-21-19(10-6-14-23-21)20(25)24-18-9-5-7-16(15-18)11-12-17-8-3-4-13-22-17/h3-10,13-15H,2,11-12H2,1H3,(H,24,25). The molecule has 0 saturated heterocycles. The number of rotatable bonds is 7. The molecule has 5 nitrogen and oxygen atoms in total. The Morgan fingerprint density at radius 1 is 1.00 bits per heavy atom. The summed E-state index contributed by atoms with van der Waals surface area (Å²) in [5.74, 6) is 0.113. The molecular formula is C21H21N3O2. The number of amides is 1. The molecule has 3 aromatic rings. The van der Waals surface area contributed by atoms with Gasteiger partial charge in [0.05, 0.1) is 6.61 Å².